The van der Waals surface area contributed by atoms with Gasteiger partial charge in [-0.25, -0.2) is 4.98 Å². The number of hydrogen-bond acceptors (Lipinski definition) is 5. The highest BCUT2D eigenvalue weighted by Crippen LogP contribution is 2.19. The average Bonchev–Trinajstić information content (AvgIpc) is 3.89. The number of fused-ring (bicyclic) bond motifs is 1. The zero-order chi connectivity index (χ0) is 57.4. The van der Waals surface area contributed by atoms with E-state index >= 15 is 0 Å². The highest BCUT2D eigenvalue weighted by molar-refractivity contribution is 9.10. The molecule has 392 valence electrons. The number of amides is 3. The molecule has 0 radical (unpaired) electrons. The van der Waals surface area contributed by atoms with Crippen molar-refractivity contribution in [1.29, 1.82) is 0 Å². The summed E-state index contributed by atoms with van der Waals surface area (Å²) in [6, 6.07) is 30.4. The van der Waals surface area contributed by atoms with Crippen molar-refractivity contribution in [2.45, 2.75) is 78.6 Å². The molecule has 0 aliphatic rings. The molecule has 81 heavy (non-hydrogen) atoms. The van der Waals surface area contributed by atoms with Gasteiger partial charge in [-0.05, 0) is 188 Å². The zero-order valence-corrected chi connectivity index (χ0v) is 46.6. The second-order valence-electron chi connectivity index (χ2n) is 15.3. The van der Waals surface area contributed by atoms with Crippen molar-refractivity contribution in [3.8, 4) is 178 Å². The lowest BCUT2D eigenvalue weighted by Crippen LogP contribution is -2.13. The Balaban J connectivity index is 0.000000612. The number of imidazole rings is 1. The van der Waals surface area contributed by atoms with Gasteiger partial charge < -0.3 is 26.7 Å². The van der Waals surface area contributed by atoms with E-state index in [1.807, 2.05) is 84.9 Å². The fourth-order valence-electron chi connectivity index (χ4n) is 5.91. The molecule has 11 heteroatoms. The number of H-pyrrole nitrogens is 1. The number of carbonyl (C=O) groups is 3. The van der Waals surface area contributed by atoms with E-state index in [1.165, 1.54) is 0 Å². The van der Waals surface area contributed by atoms with Crippen LogP contribution in [-0.4, -0.2) is 27.7 Å². The number of anilines is 4. The lowest BCUT2D eigenvalue weighted by Gasteiger charge is -2.08. The monoisotopic (exact) mass is 1180 g/mol. The molecule has 0 saturated carbocycles. The van der Waals surface area contributed by atoms with Crippen molar-refractivity contribution < 1.29 is 15.8 Å². The fraction of sp³-hybridized carbons (Fsp3) is 0.171. The largest absolute Gasteiger partial charge is 1.00 e. The van der Waals surface area contributed by atoms with Crippen LogP contribution in [0.5, 0.6) is 0 Å². The number of rotatable bonds is 15. The molecule has 0 aliphatic carbocycles. The number of nitrogens with two attached hydrogens (primary N) is 1. The van der Waals surface area contributed by atoms with Gasteiger partial charge in [0.1, 0.15) is 5.82 Å². The molecule has 0 aliphatic heterocycles. The molecule has 0 bridgehead atoms. The third kappa shape index (κ3) is 34.3. The van der Waals surface area contributed by atoms with Gasteiger partial charge in [0.2, 0.25) is 17.7 Å². The minimum atomic E-state index is -0.0588. The molecule has 1 heterocycles. The Hall–Kier alpha value is -11.1. The fourth-order valence-corrected chi connectivity index (χ4v) is 6.71. The highest BCUT2D eigenvalue weighted by atomic mass is 79.9. The van der Waals surface area contributed by atoms with E-state index in [-0.39, 0.29) is 26.6 Å². The predicted molar refractivity (Wildman–Crippen MR) is 338 cm³/mol. The van der Waals surface area contributed by atoms with Crippen molar-refractivity contribution in [3.05, 3.63) is 112 Å². The number of halogens is 2. The first-order chi connectivity index (χ1) is 39.2. The Bertz CT molecular complexity index is 3990. The first-order valence-corrected chi connectivity index (χ1v) is 25.8. The molecular formula is C70H51Br2N6O3+. The molecule has 6 N–H and O–H groups in total. The maximum Gasteiger partial charge on any atom is 1.00 e. The second-order valence-corrected chi connectivity index (χ2v) is 17.2. The van der Waals surface area contributed by atoms with Crippen LogP contribution in [0.15, 0.2) is 106 Å². The Morgan fingerprint density at radius 1 is 0.494 bits per heavy atom. The third-order valence-corrected chi connectivity index (χ3v) is 10.3. The van der Waals surface area contributed by atoms with Crippen LogP contribution >= 0.6 is 31.9 Å². The molecule has 4 aromatic carbocycles. The van der Waals surface area contributed by atoms with Gasteiger partial charge >= 0.3 is 1.43 Å². The summed E-state index contributed by atoms with van der Waals surface area (Å²) >= 11 is 6.77. The van der Waals surface area contributed by atoms with E-state index in [4.69, 9.17) is 12.2 Å². The van der Waals surface area contributed by atoms with Gasteiger partial charge in [-0.2, -0.15) is 0 Å². The van der Waals surface area contributed by atoms with E-state index in [0.717, 1.165) is 82.1 Å². The van der Waals surface area contributed by atoms with E-state index in [0.29, 0.717) is 30.6 Å². The third-order valence-electron chi connectivity index (χ3n) is 9.34. The van der Waals surface area contributed by atoms with Crippen LogP contribution in [0.4, 0.5) is 22.7 Å². The van der Waals surface area contributed by atoms with Gasteiger partial charge in [-0.15, -0.1) is 6.42 Å². The van der Waals surface area contributed by atoms with Crippen LogP contribution in [0.1, 0.15) is 79.4 Å². The van der Waals surface area contributed by atoms with Crippen molar-refractivity contribution >= 4 is 83.4 Å². The smallest absolute Gasteiger partial charge is 0.397 e. The van der Waals surface area contributed by atoms with Crippen molar-refractivity contribution in [2.24, 2.45) is 0 Å². The quantitative estimate of drug-likeness (QED) is 0.0403. The highest BCUT2D eigenvalue weighted by Gasteiger charge is 2.07. The van der Waals surface area contributed by atoms with E-state index in [2.05, 4.69) is 229 Å². The van der Waals surface area contributed by atoms with Crippen LogP contribution in [0.25, 0.3) is 11.0 Å². The molecule has 0 fully saturated rings. The molecule has 0 unspecified atom stereocenters. The summed E-state index contributed by atoms with van der Waals surface area (Å²) in [5, 5.41) is 8.58. The summed E-state index contributed by atoms with van der Waals surface area (Å²) in [5.74, 6) is 72.9. The Kier molecular flexibility index (Phi) is 35.9. The zero-order valence-electron chi connectivity index (χ0n) is 44.4. The topological polar surface area (TPSA) is 142 Å². The van der Waals surface area contributed by atoms with Crippen LogP contribution in [0, 0.1) is 178 Å². The van der Waals surface area contributed by atoms with Gasteiger partial charge in [0.05, 0.1) is 22.4 Å². The maximum atomic E-state index is 11.9. The van der Waals surface area contributed by atoms with Crippen LogP contribution in [0.2, 0.25) is 0 Å². The molecule has 3 amide bonds. The number of nitrogens with one attached hydrogen (secondary N) is 4. The summed E-state index contributed by atoms with van der Waals surface area (Å²) in [5.41, 5.74) is 10.7. The van der Waals surface area contributed by atoms with Crippen LogP contribution in [0.3, 0.4) is 0 Å². The SMILES string of the molecule is C.C#CC#CC#CC#CC#CC#CC#CC#CC#CC#CC#CC#CC#CC#CC#CC.Nc1ccccc1NC(=O)CCCCCC(=O)Nc1cccc(Br)c1.O=C(CCCCCc1nc2ccccc2[nH]1)Nc1cccc(Br)c1.[H+]. The van der Waals surface area contributed by atoms with Crippen molar-refractivity contribution in [1.82, 2.24) is 9.97 Å². The first kappa shape index (κ1) is 66.0. The molecule has 9 nitrogen and oxygen atoms in total. The number of nitrogens with zero attached hydrogens (tertiary/aromatic N) is 1. The number of terminal acetylenes is 1. The van der Waals surface area contributed by atoms with Gasteiger partial charge in [0.25, 0.3) is 0 Å². The molecule has 0 atom stereocenters. The number of benzene rings is 4. The Labute approximate surface area is 496 Å². The van der Waals surface area contributed by atoms with Gasteiger partial charge in [0.15, 0.2) is 0 Å². The second kappa shape index (κ2) is 44.1. The minimum absolute atomic E-state index is 0. The summed E-state index contributed by atoms with van der Waals surface area (Å²) < 4.78 is 1.89. The van der Waals surface area contributed by atoms with E-state index in [1.54, 1.807) is 19.1 Å². The Morgan fingerprint density at radius 2 is 0.877 bits per heavy atom. The molecule has 0 spiro atoms. The summed E-state index contributed by atoms with van der Waals surface area (Å²) in [4.78, 5) is 43.6. The lowest BCUT2D eigenvalue weighted by molar-refractivity contribution is -0.117. The van der Waals surface area contributed by atoms with Crippen LogP contribution in [-0.2, 0) is 20.8 Å². The molecule has 5 rings (SSSR count). The number of aryl methyl sites for hydroxylation is 1. The standard InChI is InChI=1S/C31H4.C19H22BrN3O2.C19H20BrN3O.CH4/c1-3-5-7-9-11-13-15-17-19-21-23-25-27-29-31-30-28-26-24-22-20-18-16-14-12-10-8-6-4-2;20-14-7-6-8-15(13-14)22-18(24)11-2-1-3-12-19(25)23-17-10-5-4-9-16(17)21;20-14-7-6-8-15(13-14)21-19(24)12-3-1-2-11-18-22-16-9-4-5-10-17(16)23-18;/h1H,2H3;4-10,13H,1-3,11-12,21H2,(H,22,24)(H,23,25);4-10,13H,1-3,11-12H2,(H,21,24)(H,22,23);1H4/p+1. The summed E-state index contributed by atoms with van der Waals surface area (Å²) in [7, 11) is 0. The number of aromatic amines is 1. The molecular weight excluding hydrogens is 1130 g/mol. The Morgan fingerprint density at radius 3 is 1.28 bits per heavy atom. The van der Waals surface area contributed by atoms with Crippen molar-refractivity contribution in [2.75, 3.05) is 21.7 Å². The van der Waals surface area contributed by atoms with Gasteiger partial charge in [-0.1, -0.05) is 94.4 Å². The predicted octanol–water partition coefficient (Wildman–Crippen LogP) is 11.1. The van der Waals surface area contributed by atoms with Crippen LogP contribution < -0.4 is 21.7 Å². The van der Waals surface area contributed by atoms with Gasteiger partial charge in [-0.3, -0.25) is 14.4 Å². The molecule has 1 aromatic heterocycles. The number of carbonyl (C=O) groups excluding carboxylic acids is 3. The average molecular weight is 1180 g/mol. The van der Waals surface area contributed by atoms with Gasteiger partial charge in [0, 0.05) is 117 Å². The normalized spacial score (nSPS) is 7.88. The van der Waals surface area contributed by atoms with E-state index in [9.17, 15) is 14.4 Å². The number of nitrogen functional groups attached to an aromatic ring is 1. The number of para-hydroxylation sites is 4. The first-order valence-electron chi connectivity index (χ1n) is 24.2. The lowest BCUT2D eigenvalue weighted by atomic mass is 10.1. The molecule has 5 aromatic rings. The van der Waals surface area contributed by atoms with Crippen molar-refractivity contribution in [3.63, 3.8) is 0 Å². The minimum Gasteiger partial charge on any atom is -0.397 e. The number of unbranched alkanes of at least 4 members (excludes halogenated alkanes) is 4. The summed E-state index contributed by atoms with van der Waals surface area (Å²) in [6.07, 6.45) is 12.5. The number of hydrogen-bond donors (Lipinski definition) is 5. The van der Waals surface area contributed by atoms with E-state index < -0.39 is 0 Å². The maximum absolute atomic E-state index is 11.9. The summed E-state index contributed by atoms with van der Waals surface area (Å²) in [6.45, 7) is 1.69. The number of aromatic nitrogens is 2. The molecule has 0 saturated heterocycles.